The number of thiazole rings is 1. The third-order valence-electron chi connectivity index (χ3n) is 2.57. The lowest BCUT2D eigenvalue weighted by molar-refractivity contribution is 0.341. The molecule has 90 valence electrons. The maximum Gasteiger partial charge on any atom is 0.129 e. The second kappa shape index (κ2) is 5.32. The van der Waals surface area contributed by atoms with Crippen molar-refractivity contribution in [3.8, 4) is 16.3 Å². The molecule has 0 bridgehead atoms. The number of benzene rings is 1. The van der Waals surface area contributed by atoms with Gasteiger partial charge in [0.05, 0.1) is 12.2 Å². The number of hydrogen-bond acceptors (Lipinski definition) is 3. The Morgan fingerprint density at radius 2 is 2.12 bits per heavy atom. The molecular formula is C14H17NOS. The highest BCUT2D eigenvalue weighted by atomic mass is 32.1. The number of ether oxygens (including phenoxy) is 1. The predicted octanol–water partition coefficient (Wildman–Crippen LogP) is 4.08. The van der Waals surface area contributed by atoms with Crippen LogP contribution < -0.4 is 4.74 Å². The highest BCUT2D eigenvalue weighted by molar-refractivity contribution is 7.15. The number of aromatic nitrogens is 1. The molecule has 0 saturated carbocycles. The Bertz CT molecular complexity index is 505. The first-order chi connectivity index (χ1) is 8.24. The lowest BCUT2D eigenvalue weighted by atomic mass is 10.1. The van der Waals surface area contributed by atoms with Crippen LogP contribution in [0.1, 0.15) is 24.3 Å². The predicted molar refractivity (Wildman–Crippen MR) is 72.8 cm³/mol. The molecule has 1 aromatic heterocycles. The third kappa shape index (κ3) is 2.67. The zero-order valence-corrected chi connectivity index (χ0v) is 11.3. The number of rotatable bonds is 4. The number of nitrogens with zero attached hydrogens (tertiary/aromatic N) is 1. The smallest absolute Gasteiger partial charge is 0.129 e. The second-order valence-electron chi connectivity index (χ2n) is 3.92. The largest absolute Gasteiger partial charge is 0.493 e. The van der Waals surface area contributed by atoms with Gasteiger partial charge in [0, 0.05) is 11.1 Å². The topological polar surface area (TPSA) is 22.1 Å². The summed E-state index contributed by atoms with van der Waals surface area (Å²) in [5.41, 5.74) is 2.34. The van der Waals surface area contributed by atoms with Gasteiger partial charge in [-0.1, -0.05) is 18.6 Å². The van der Waals surface area contributed by atoms with E-state index < -0.39 is 0 Å². The Labute approximate surface area is 106 Å². The van der Waals surface area contributed by atoms with Gasteiger partial charge in [-0.25, -0.2) is 4.98 Å². The van der Waals surface area contributed by atoms with Crippen LogP contribution in [-0.4, -0.2) is 11.6 Å². The van der Waals surface area contributed by atoms with Crippen molar-refractivity contribution in [3.63, 3.8) is 0 Å². The molecule has 1 heterocycles. The third-order valence-corrected chi connectivity index (χ3v) is 3.74. The standard InChI is InChI=1S/C14H17NOS/c1-4-11-9-15-14(17-11)12-8-10(3)6-7-13(12)16-5-2/h6-9H,4-5H2,1-3H3. The van der Waals surface area contributed by atoms with Gasteiger partial charge >= 0.3 is 0 Å². The molecule has 0 aliphatic rings. The first kappa shape index (κ1) is 12.1. The van der Waals surface area contributed by atoms with Gasteiger partial charge in [-0.05, 0) is 32.4 Å². The Morgan fingerprint density at radius 1 is 1.29 bits per heavy atom. The van der Waals surface area contributed by atoms with E-state index in [1.54, 1.807) is 11.3 Å². The van der Waals surface area contributed by atoms with E-state index in [0.29, 0.717) is 6.61 Å². The zero-order valence-electron chi connectivity index (χ0n) is 10.5. The monoisotopic (exact) mass is 247 g/mol. The van der Waals surface area contributed by atoms with Crippen LogP contribution in [0.15, 0.2) is 24.4 Å². The molecule has 0 fully saturated rings. The summed E-state index contributed by atoms with van der Waals surface area (Å²) in [6.07, 6.45) is 2.99. The number of aryl methyl sites for hydroxylation is 2. The SMILES string of the molecule is CCOc1ccc(C)cc1-c1ncc(CC)s1. The van der Waals surface area contributed by atoms with Crippen LogP contribution in [0.5, 0.6) is 5.75 Å². The summed E-state index contributed by atoms with van der Waals surface area (Å²) < 4.78 is 5.66. The van der Waals surface area contributed by atoms with Crippen LogP contribution in [0.3, 0.4) is 0 Å². The maximum atomic E-state index is 5.66. The van der Waals surface area contributed by atoms with Gasteiger partial charge < -0.3 is 4.74 Å². The van der Waals surface area contributed by atoms with Gasteiger partial charge in [0.15, 0.2) is 0 Å². The Balaban J connectivity index is 2.44. The summed E-state index contributed by atoms with van der Waals surface area (Å²) in [6, 6.07) is 6.24. The van der Waals surface area contributed by atoms with Crippen LogP contribution in [0.4, 0.5) is 0 Å². The van der Waals surface area contributed by atoms with Crippen LogP contribution in [0, 0.1) is 6.92 Å². The summed E-state index contributed by atoms with van der Waals surface area (Å²) in [7, 11) is 0. The van der Waals surface area contributed by atoms with Crippen molar-refractivity contribution < 1.29 is 4.74 Å². The van der Waals surface area contributed by atoms with E-state index in [1.165, 1.54) is 10.4 Å². The molecule has 0 amide bonds. The molecule has 2 nitrogen and oxygen atoms in total. The van der Waals surface area contributed by atoms with Crippen LogP contribution >= 0.6 is 11.3 Å². The first-order valence-corrected chi connectivity index (χ1v) is 6.74. The highest BCUT2D eigenvalue weighted by Gasteiger charge is 2.10. The van der Waals surface area contributed by atoms with Gasteiger partial charge in [0.1, 0.15) is 10.8 Å². The van der Waals surface area contributed by atoms with E-state index >= 15 is 0 Å². The minimum Gasteiger partial charge on any atom is -0.493 e. The van der Waals surface area contributed by atoms with Gasteiger partial charge in [0.25, 0.3) is 0 Å². The van der Waals surface area contributed by atoms with Crippen molar-refractivity contribution in [2.45, 2.75) is 27.2 Å². The minimum absolute atomic E-state index is 0.683. The molecule has 3 heteroatoms. The molecule has 0 aliphatic heterocycles. The normalized spacial score (nSPS) is 10.5. The Kier molecular flexibility index (Phi) is 3.79. The molecule has 0 atom stereocenters. The van der Waals surface area contributed by atoms with Crippen molar-refractivity contribution in [2.75, 3.05) is 6.61 Å². The van der Waals surface area contributed by atoms with Crippen molar-refractivity contribution in [3.05, 3.63) is 34.8 Å². The fourth-order valence-electron chi connectivity index (χ4n) is 1.69. The summed E-state index contributed by atoms with van der Waals surface area (Å²) in [5.74, 6) is 0.926. The summed E-state index contributed by atoms with van der Waals surface area (Å²) in [5, 5.41) is 1.05. The van der Waals surface area contributed by atoms with E-state index in [9.17, 15) is 0 Å². The van der Waals surface area contributed by atoms with Crippen molar-refractivity contribution in [2.24, 2.45) is 0 Å². The van der Waals surface area contributed by atoms with E-state index in [0.717, 1.165) is 22.7 Å². The van der Waals surface area contributed by atoms with Crippen LogP contribution in [0.25, 0.3) is 10.6 Å². The van der Waals surface area contributed by atoms with Crippen molar-refractivity contribution >= 4 is 11.3 Å². The molecule has 0 saturated heterocycles. The molecule has 0 radical (unpaired) electrons. The average Bonchev–Trinajstić information content (AvgIpc) is 2.80. The fourth-order valence-corrected chi connectivity index (χ4v) is 2.56. The molecule has 0 unspecified atom stereocenters. The Hall–Kier alpha value is -1.35. The summed E-state index contributed by atoms with van der Waals surface area (Å²) in [6.45, 7) is 6.93. The molecule has 2 rings (SSSR count). The lowest BCUT2D eigenvalue weighted by Gasteiger charge is -2.08. The van der Waals surface area contributed by atoms with E-state index in [1.807, 2.05) is 19.2 Å². The van der Waals surface area contributed by atoms with Crippen LogP contribution in [0.2, 0.25) is 0 Å². The van der Waals surface area contributed by atoms with Crippen molar-refractivity contribution in [1.29, 1.82) is 0 Å². The van der Waals surface area contributed by atoms with Gasteiger partial charge in [-0.15, -0.1) is 11.3 Å². The molecule has 0 spiro atoms. The fraction of sp³-hybridized carbons (Fsp3) is 0.357. The molecule has 1 aromatic carbocycles. The van der Waals surface area contributed by atoms with E-state index in [2.05, 4.69) is 31.0 Å². The first-order valence-electron chi connectivity index (χ1n) is 5.93. The molecular weight excluding hydrogens is 230 g/mol. The van der Waals surface area contributed by atoms with Crippen molar-refractivity contribution in [1.82, 2.24) is 4.98 Å². The maximum absolute atomic E-state index is 5.66. The quantitative estimate of drug-likeness (QED) is 0.812. The van der Waals surface area contributed by atoms with E-state index in [4.69, 9.17) is 4.74 Å². The molecule has 0 aliphatic carbocycles. The zero-order chi connectivity index (χ0) is 12.3. The minimum atomic E-state index is 0.683. The van der Waals surface area contributed by atoms with Crippen LogP contribution in [-0.2, 0) is 6.42 Å². The van der Waals surface area contributed by atoms with Gasteiger partial charge in [-0.2, -0.15) is 0 Å². The average molecular weight is 247 g/mol. The molecule has 0 N–H and O–H groups in total. The summed E-state index contributed by atoms with van der Waals surface area (Å²) >= 11 is 1.74. The Morgan fingerprint density at radius 3 is 2.76 bits per heavy atom. The van der Waals surface area contributed by atoms with Gasteiger partial charge in [0.2, 0.25) is 0 Å². The molecule has 2 aromatic rings. The summed E-state index contributed by atoms with van der Waals surface area (Å²) in [4.78, 5) is 5.79. The highest BCUT2D eigenvalue weighted by Crippen LogP contribution is 2.33. The van der Waals surface area contributed by atoms with Gasteiger partial charge in [-0.3, -0.25) is 0 Å². The van der Waals surface area contributed by atoms with E-state index in [-0.39, 0.29) is 0 Å². The second-order valence-corrected chi connectivity index (χ2v) is 5.03. The number of hydrogen-bond donors (Lipinski definition) is 0. The molecule has 17 heavy (non-hydrogen) atoms. The lowest BCUT2D eigenvalue weighted by Crippen LogP contribution is -1.94.